The van der Waals surface area contributed by atoms with Crippen molar-refractivity contribution in [2.24, 2.45) is 7.05 Å². The second kappa shape index (κ2) is 11.3. The molecule has 9 rings (SSSR count). The Balaban J connectivity index is 1.20. The lowest BCUT2D eigenvalue weighted by Crippen LogP contribution is -2.24. The van der Waals surface area contributed by atoms with Crippen LogP contribution in [0.5, 0.6) is 11.5 Å². The average molecular weight is 654 g/mol. The zero-order chi connectivity index (χ0) is 34.1. The number of anilines is 3. The van der Waals surface area contributed by atoms with E-state index in [1.165, 1.54) is 33.5 Å². The topological polar surface area (TPSA) is 38.5 Å². The molecule has 246 valence electrons. The molecule has 0 aliphatic carbocycles. The van der Waals surface area contributed by atoms with Crippen LogP contribution in [-0.4, -0.2) is 27.8 Å². The first-order chi connectivity index (χ1) is 24.2. The standard InChI is InChI=1S/C44H39N5O/c1-44(2,3)32-22-33(48-28-47(5)39-13-9-10-14-40(39)48)24-35(23-32)50-34-16-17-36-37-21-30(29-11-7-6-8-12-29)15-18-38(37)49(42(36)25-34)43-26-41-31(27-45-43)19-20-46(41)4/h6-27H,28H2,1-5H3. The number of aryl methyl sites for hydroxylation is 1. The molecular formula is C44H39N5O. The third-order valence-electron chi connectivity index (χ3n) is 10.1. The van der Waals surface area contributed by atoms with Gasteiger partial charge in [-0.25, -0.2) is 4.98 Å². The van der Waals surface area contributed by atoms with Crippen molar-refractivity contribution >= 4 is 49.8 Å². The van der Waals surface area contributed by atoms with Crippen molar-refractivity contribution in [1.82, 2.24) is 14.1 Å². The summed E-state index contributed by atoms with van der Waals surface area (Å²) in [5.74, 6) is 2.47. The molecule has 0 spiro atoms. The van der Waals surface area contributed by atoms with Crippen molar-refractivity contribution in [1.29, 1.82) is 0 Å². The van der Waals surface area contributed by atoms with Crippen molar-refractivity contribution in [2.75, 3.05) is 23.5 Å². The van der Waals surface area contributed by atoms with Gasteiger partial charge >= 0.3 is 0 Å². The largest absolute Gasteiger partial charge is 0.457 e. The number of fused-ring (bicyclic) bond motifs is 5. The summed E-state index contributed by atoms with van der Waals surface area (Å²) in [6, 6.07) is 43.3. The molecule has 0 radical (unpaired) electrons. The fourth-order valence-electron chi connectivity index (χ4n) is 7.36. The van der Waals surface area contributed by atoms with Crippen LogP contribution in [0.3, 0.4) is 0 Å². The molecule has 0 amide bonds. The van der Waals surface area contributed by atoms with E-state index in [1.54, 1.807) is 0 Å². The highest BCUT2D eigenvalue weighted by atomic mass is 16.5. The molecule has 4 heterocycles. The summed E-state index contributed by atoms with van der Waals surface area (Å²) in [5, 5.41) is 3.45. The van der Waals surface area contributed by atoms with E-state index in [0.717, 1.165) is 57.0 Å². The van der Waals surface area contributed by atoms with Gasteiger partial charge in [0.15, 0.2) is 0 Å². The van der Waals surface area contributed by atoms with Gasteiger partial charge in [0, 0.05) is 66.5 Å². The van der Waals surface area contributed by atoms with Crippen LogP contribution in [0.25, 0.3) is 49.7 Å². The van der Waals surface area contributed by atoms with Gasteiger partial charge in [0.05, 0.1) is 34.6 Å². The molecule has 6 nitrogen and oxygen atoms in total. The van der Waals surface area contributed by atoms with Gasteiger partial charge in [0.1, 0.15) is 17.3 Å². The first-order valence-corrected chi connectivity index (χ1v) is 17.2. The molecule has 0 fully saturated rings. The Morgan fingerprint density at radius 3 is 2.26 bits per heavy atom. The third-order valence-corrected chi connectivity index (χ3v) is 10.1. The Labute approximate surface area is 292 Å². The summed E-state index contributed by atoms with van der Waals surface area (Å²) in [7, 11) is 4.22. The molecule has 1 aliphatic rings. The fourth-order valence-corrected chi connectivity index (χ4v) is 7.36. The van der Waals surface area contributed by atoms with E-state index in [0.29, 0.717) is 0 Å². The van der Waals surface area contributed by atoms with Gasteiger partial charge < -0.3 is 19.1 Å². The van der Waals surface area contributed by atoms with E-state index in [-0.39, 0.29) is 5.41 Å². The van der Waals surface area contributed by atoms with E-state index >= 15 is 0 Å². The average Bonchev–Trinajstić information content (AvgIpc) is 3.78. The Morgan fingerprint density at radius 1 is 0.640 bits per heavy atom. The minimum atomic E-state index is -0.0621. The number of pyridine rings is 1. The monoisotopic (exact) mass is 653 g/mol. The maximum Gasteiger partial charge on any atom is 0.139 e. The van der Waals surface area contributed by atoms with Gasteiger partial charge in [-0.2, -0.15) is 0 Å². The van der Waals surface area contributed by atoms with E-state index in [9.17, 15) is 0 Å². The van der Waals surface area contributed by atoms with Crippen molar-refractivity contribution in [2.45, 2.75) is 26.2 Å². The van der Waals surface area contributed by atoms with Crippen LogP contribution in [0.1, 0.15) is 26.3 Å². The zero-order valence-electron chi connectivity index (χ0n) is 29.1. The molecule has 50 heavy (non-hydrogen) atoms. The molecular weight excluding hydrogens is 615 g/mol. The van der Waals surface area contributed by atoms with Gasteiger partial charge in [-0.1, -0.05) is 69.3 Å². The smallest absolute Gasteiger partial charge is 0.139 e. The normalized spacial score (nSPS) is 13.1. The number of hydrogen-bond acceptors (Lipinski definition) is 4. The molecule has 0 bridgehead atoms. The Kier molecular flexibility index (Phi) is 6.78. The van der Waals surface area contributed by atoms with Crippen LogP contribution in [0.4, 0.5) is 17.1 Å². The Morgan fingerprint density at radius 2 is 1.44 bits per heavy atom. The number of benzene rings is 5. The number of nitrogens with zero attached hydrogens (tertiary/aromatic N) is 5. The summed E-state index contributed by atoms with van der Waals surface area (Å²) in [6.45, 7) is 7.54. The van der Waals surface area contributed by atoms with Crippen molar-refractivity contribution in [3.05, 3.63) is 139 Å². The van der Waals surface area contributed by atoms with Crippen LogP contribution < -0.4 is 14.5 Å². The van der Waals surface area contributed by atoms with Crippen molar-refractivity contribution < 1.29 is 4.74 Å². The number of ether oxygens (including phenoxy) is 1. The predicted octanol–water partition coefficient (Wildman–Crippen LogP) is 11.0. The molecule has 0 saturated heterocycles. The lowest BCUT2D eigenvalue weighted by Gasteiger charge is -2.25. The van der Waals surface area contributed by atoms with Gasteiger partial charge in [0.2, 0.25) is 0 Å². The fraction of sp³-hybridized carbons (Fsp3) is 0.159. The van der Waals surface area contributed by atoms with Crippen molar-refractivity contribution in [3.8, 4) is 28.4 Å². The molecule has 3 aromatic heterocycles. The minimum absolute atomic E-state index is 0.0621. The van der Waals surface area contributed by atoms with Gasteiger partial charge in [-0.05, 0) is 76.7 Å². The Bertz CT molecular complexity index is 2570. The summed E-state index contributed by atoms with van der Waals surface area (Å²) >= 11 is 0. The van der Waals surface area contributed by atoms with E-state index in [2.05, 4.69) is 181 Å². The van der Waals surface area contributed by atoms with Gasteiger partial charge in [-0.3, -0.25) is 4.57 Å². The lowest BCUT2D eigenvalue weighted by atomic mass is 9.86. The second-order valence-electron chi connectivity index (χ2n) is 14.5. The zero-order valence-corrected chi connectivity index (χ0v) is 29.1. The minimum Gasteiger partial charge on any atom is -0.457 e. The van der Waals surface area contributed by atoms with E-state index in [1.807, 2.05) is 6.20 Å². The van der Waals surface area contributed by atoms with Crippen LogP contribution in [-0.2, 0) is 12.5 Å². The number of para-hydroxylation sites is 2. The van der Waals surface area contributed by atoms with Crippen LogP contribution in [0, 0.1) is 0 Å². The summed E-state index contributed by atoms with van der Waals surface area (Å²) in [6.07, 6.45) is 4.05. The highest BCUT2D eigenvalue weighted by Crippen LogP contribution is 2.43. The molecule has 6 heteroatoms. The summed E-state index contributed by atoms with van der Waals surface area (Å²) in [4.78, 5) is 9.63. The van der Waals surface area contributed by atoms with Crippen LogP contribution in [0.15, 0.2) is 134 Å². The molecule has 0 saturated carbocycles. The molecule has 0 unspecified atom stereocenters. The number of aromatic nitrogens is 3. The summed E-state index contributed by atoms with van der Waals surface area (Å²) in [5.41, 5.74) is 10.4. The highest BCUT2D eigenvalue weighted by molar-refractivity contribution is 6.11. The maximum atomic E-state index is 6.82. The first kappa shape index (κ1) is 30.1. The number of hydrogen-bond donors (Lipinski definition) is 0. The van der Waals surface area contributed by atoms with E-state index in [4.69, 9.17) is 9.72 Å². The maximum absolute atomic E-state index is 6.82. The predicted molar refractivity (Wildman–Crippen MR) is 208 cm³/mol. The molecule has 0 N–H and O–H groups in total. The third kappa shape index (κ3) is 4.98. The molecule has 5 aromatic carbocycles. The van der Waals surface area contributed by atoms with Crippen molar-refractivity contribution in [3.63, 3.8) is 0 Å². The lowest BCUT2D eigenvalue weighted by molar-refractivity contribution is 0.479. The number of rotatable bonds is 5. The van der Waals surface area contributed by atoms with Crippen LogP contribution in [0.2, 0.25) is 0 Å². The van der Waals surface area contributed by atoms with E-state index < -0.39 is 0 Å². The van der Waals surface area contributed by atoms with Crippen LogP contribution >= 0.6 is 0 Å². The quantitative estimate of drug-likeness (QED) is 0.185. The highest BCUT2D eigenvalue weighted by Gasteiger charge is 2.26. The summed E-state index contributed by atoms with van der Waals surface area (Å²) < 4.78 is 11.2. The molecule has 0 atom stereocenters. The molecule has 8 aromatic rings. The Hall–Kier alpha value is -6.01. The second-order valence-corrected chi connectivity index (χ2v) is 14.5. The first-order valence-electron chi connectivity index (χ1n) is 17.2. The molecule has 1 aliphatic heterocycles. The van der Waals surface area contributed by atoms with Gasteiger partial charge in [0.25, 0.3) is 0 Å². The van der Waals surface area contributed by atoms with Gasteiger partial charge in [-0.15, -0.1) is 0 Å². The SMILES string of the molecule is CN1CN(c2cc(Oc3ccc4c5cc(-c6ccccc6)ccc5n(-c5cc6c(ccn6C)cn5)c4c3)cc(C(C)(C)C)c2)c2ccccc21.